The van der Waals surface area contributed by atoms with E-state index < -0.39 is 0 Å². The molecule has 10 rings (SSSR count). The third-order valence-electron chi connectivity index (χ3n) is 11.4. The average molecular weight is 668 g/mol. The fourth-order valence-corrected chi connectivity index (χ4v) is 8.96. The monoisotopic (exact) mass is 667 g/mol. The number of pyridine rings is 3. The smallest absolute Gasteiger partial charge is 0.0899 e. The predicted octanol–water partition coefficient (Wildman–Crippen LogP) is 12.6. The fraction of sp³-hybridized carbons (Fsp3) is 0.122. The predicted molar refractivity (Wildman–Crippen MR) is 214 cm³/mol. The molecule has 1 saturated carbocycles. The molecule has 0 bridgehead atoms. The second-order valence-corrected chi connectivity index (χ2v) is 14.3. The summed E-state index contributed by atoms with van der Waals surface area (Å²) in [5.74, 6) is 0. The first-order valence-electron chi connectivity index (χ1n) is 18.5. The number of hydrogen-bond acceptors (Lipinski definition) is 3. The number of nitrogens with zero attached hydrogens (tertiary/aromatic N) is 3. The van der Waals surface area contributed by atoms with Gasteiger partial charge in [-0.1, -0.05) is 128 Å². The zero-order valence-electron chi connectivity index (χ0n) is 29.0. The first kappa shape index (κ1) is 30.6. The minimum absolute atomic E-state index is 0.141. The van der Waals surface area contributed by atoms with Gasteiger partial charge in [-0.25, -0.2) is 4.98 Å². The second kappa shape index (κ2) is 12.5. The maximum Gasteiger partial charge on any atom is 0.0899 e. The van der Waals surface area contributed by atoms with Crippen molar-refractivity contribution in [1.82, 2.24) is 15.0 Å². The van der Waals surface area contributed by atoms with E-state index in [2.05, 4.69) is 131 Å². The summed E-state index contributed by atoms with van der Waals surface area (Å²) in [5.41, 5.74) is 16.8. The van der Waals surface area contributed by atoms with E-state index in [0.717, 1.165) is 33.8 Å². The van der Waals surface area contributed by atoms with Crippen molar-refractivity contribution in [2.45, 2.75) is 37.5 Å². The molecule has 0 radical (unpaired) electrons. The van der Waals surface area contributed by atoms with Crippen molar-refractivity contribution in [3.8, 4) is 67.2 Å². The number of hydrogen-bond donors (Lipinski definition) is 0. The molecule has 0 saturated heterocycles. The Morgan fingerprint density at radius 3 is 1.85 bits per heavy atom. The largest absolute Gasteiger partial charge is 0.264 e. The first-order valence-corrected chi connectivity index (χ1v) is 18.5. The lowest BCUT2D eigenvalue weighted by atomic mass is 9.67. The normalized spacial score (nSPS) is 14.3. The molecule has 8 aromatic rings. The third-order valence-corrected chi connectivity index (χ3v) is 11.4. The van der Waals surface area contributed by atoms with E-state index >= 15 is 0 Å². The minimum atomic E-state index is 0.141. The molecule has 3 heterocycles. The molecule has 248 valence electrons. The molecule has 3 heteroatoms. The van der Waals surface area contributed by atoms with Crippen LogP contribution >= 0.6 is 0 Å². The molecule has 3 nitrogen and oxygen atoms in total. The Morgan fingerprint density at radius 2 is 1.08 bits per heavy atom. The van der Waals surface area contributed by atoms with E-state index in [1.165, 1.54) is 87.4 Å². The molecule has 0 amide bonds. The Kier molecular flexibility index (Phi) is 7.38. The van der Waals surface area contributed by atoms with E-state index in [-0.39, 0.29) is 5.41 Å². The van der Waals surface area contributed by atoms with Crippen LogP contribution < -0.4 is 0 Å². The van der Waals surface area contributed by atoms with Gasteiger partial charge in [-0.05, 0) is 110 Å². The number of aromatic nitrogens is 3. The fourth-order valence-electron chi connectivity index (χ4n) is 8.96. The Balaban J connectivity index is 1.04. The highest BCUT2D eigenvalue weighted by Crippen LogP contribution is 2.56. The van der Waals surface area contributed by atoms with Crippen LogP contribution in [-0.2, 0) is 5.41 Å². The zero-order valence-corrected chi connectivity index (χ0v) is 29.0. The van der Waals surface area contributed by atoms with Crippen molar-refractivity contribution in [3.05, 3.63) is 175 Å². The van der Waals surface area contributed by atoms with Gasteiger partial charge >= 0.3 is 0 Å². The van der Waals surface area contributed by atoms with Crippen LogP contribution in [0.5, 0.6) is 0 Å². The topological polar surface area (TPSA) is 38.7 Å². The molecule has 2 aliphatic carbocycles. The van der Waals surface area contributed by atoms with Gasteiger partial charge in [0.1, 0.15) is 0 Å². The Bertz CT molecular complexity index is 2530. The van der Waals surface area contributed by atoms with E-state index in [0.29, 0.717) is 0 Å². The Morgan fingerprint density at radius 1 is 0.404 bits per heavy atom. The third kappa shape index (κ3) is 5.07. The highest BCUT2D eigenvalue weighted by Gasteiger charge is 2.43. The van der Waals surface area contributed by atoms with Crippen LogP contribution in [0, 0.1) is 0 Å². The van der Waals surface area contributed by atoms with Crippen LogP contribution in [0.4, 0.5) is 0 Å². The Labute approximate surface area is 304 Å². The molecular formula is C49H37N3. The number of fused-ring (bicyclic) bond motifs is 6. The van der Waals surface area contributed by atoms with Gasteiger partial charge in [-0.15, -0.1) is 0 Å². The van der Waals surface area contributed by atoms with Gasteiger partial charge < -0.3 is 0 Å². The lowest BCUT2D eigenvalue weighted by Crippen LogP contribution is -2.28. The van der Waals surface area contributed by atoms with Crippen molar-refractivity contribution in [1.29, 1.82) is 0 Å². The summed E-state index contributed by atoms with van der Waals surface area (Å²) in [6.45, 7) is 0. The number of benzene rings is 5. The highest BCUT2D eigenvalue weighted by molar-refractivity contribution is 6.05. The molecule has 1 fully saturated rings. The van der Waals surface area contributed by atoms with E-state index in [1.54, 1.807) is 6.20 Å². The van der Waals surface area contributed by atoms with Crippen LogP contribution in [-0.4, -0.2) is 15.0 Å². The van der Waals surface area contributed by atoms with Crippen molar-refractivity contribution in [3.63, 3.8) is 0 Å². The van der Waals surface area contributed by atoms with Gasteiger partial charge in [0.25, 0.3) is 0 Å². The number of rotatable bonds is 5. The summed E-state index contributed by atoms with van der Waals surface area (Å²) >= 11 is 0. The highest BCUT2D eigenvalue weighted by atomic mass is 14.8. The second-order valence-electron chi connectivity index (χ2n) is 14.3. The quantitative estimate of drug-likeness (QED) is 0.183. The van der Waals surface area contributed by atoms with Crippen LogP contribution in [0.2, 0.25) is 0 Å². The standard InChI is InChI=1S/C49H37N3/c1-7-25-49(26-8-1)44-15-5-4-14-42(44)43-22-21-35(29-45(43)49)39-24-23-38(40-12-2-3-13-41(39)40)33-17-19-34(20-18-33)47-30-37(36-11-10-27-50-32-36)31-48(52-47)46-16-6-9-28-51-46/h2-6,9-24,27-32H,1,7-8,25-26H2. The summed E-state index contributed by atoms with van der Waals surface area (Å²) in [7, 11) is 0. The molecule has 5 aromatic carbocycles. The van der Waals surface area contributed by atoms with Gasteiger partial charge in [0.2, 0.25) is 0 Å². The molecule has 0 aliphatic heterocycles. The average Bonchev–Trinajstić information content (AvgIpc) is 3.49. The van der Waals surface area contributed by atoms with Crippen LogP contribution in [0.25, 0.3) is 77.9 Å². The van der Waals surface area contributed by atoms with Gasteiger partial charge in [-0.2, -0.15) is 0 Å². The molecule has 0 atom stereocenters. The molecular weight excluding hydrogens is 631 g/mol. The van der Waals surface area contributed by atoms with E-state index in [9.17, 15) is 0 Å². The van der Waals surface area contributed by atoms with Gasteiger partial charge in [0, 0.05) is 35.1 Å². The maximum atomic E-state index is 5.08. The Hall–Kier alpha value is -6.19. The lowest BCUT2D eigenvalue weighted by molar-refractivity contribution is 0.353. The molecule has 2 aliphatic rings. The van der Waals surface area contributed by atoms with Crippen LogP contribution in [0.3, 0.4) is 0 Å². The molecule has 3 aromatic heterocycles. The van der Waals surface area contributed by atoms with Gasteiger partial charge in [0.15, 0.2) is 0 Å². The summed E-state index contributed by atoms with van der Waals surface area (Å²) < 4.78 is 0. The summed E-state index contributed by atoms with van der Waals surface area (Å²) in [5, 5.41) is 2.54. The van der Waals surface area contributed by atoms with Crippen LogP contribution in [0.1, 0.15) is 43.2 Å². The summed E-state index contributed by atoms with van der Waals surface area (Å²) in [6.07, 6.45) is 11.9. The summed E-state index contributed by atoms with van der Waals surface area (Å²) in [6, 6.07) is 53.0. The maximum absolute atomic E-state index is 5.08. The summed E-state index contributed by atoms with van der Waals surface area (Å²) in [4.78, 5) is 14.1. The van der Waals surface area contributed by atoms with E-state index in [4.69, 9.17) is 4.98 Å². The minimum Gasteiger partial charge on any atom is -0.264 e. The molecule has 1 spiro atoms. The SMILES string of the molecule is c1ccc(-c2cc(-c3cccnc3)cc(-c3ccc(-c4ccc(-c5ccc6c(c5)C5(CCCCC5)c5ccccc5-6)c5ccccc45)cc3)n2)nc1. The molecule has 0 unspecified atom stereocenters. The van der Waals surface area contributed by atoms with Crippen LogP contribution in [0.15, 0.2) is 164 Å². The zero-order chi connectivity index (χ0) is 34.5. The van der Waals surface area contributed by atoms with Crippen molar-refractivity contribution >= 4 is 10.8 Å². The van der Waals surface area contributed by atoms with Crippen molar-refractivity contribution in [2.24, 2.45) is 0 Å². The lowest BCUT2D eigenvalue weighted by Gasteiger charge is -2.36. The molecule has 0 N–H and O–H groups in total. The first-order chi connectivity index (χ1) is 25.7. The van der Waals surface area contributed by atoms with E-state index in [1.807, 2.05) is 36.7 Å². The van der Waals surface area contributed by atoms with Gasteiger partial charge in [0.05, 0.1) is 17.1 Å². The van der Waals surface area contributed by atoms with Crippen molar-refractivity contribution in [2.75, 3.05) is 0 Å². The molecule has 52 heavy (non-hydrogen) atoms. The van der Waals surface area contributed by atoms with Crippen molar-refractivity contribution < 1.29 is 0 Å². The van der Waals surface area contributed by atoms with Gasteiger partial charge in [-0.3, -0.25) is 9.97 Å².